The normalized spacial score (nSPS) is 11.4. The van der Waals surface area contributed by atoms with Crippen molar-refractivity contribution in [1.82, 2.24) is 10.2 Å². The van der Waals surface area contributed by atoms with Crippen molar-refractivity contribution in [3.05, 3.63) is 29.8 Å². The van der Waals surface area contributed by atoms with Gasteiger partial charge in [-0.2, -0.15) is 0 Å². The summed E-state index contributed by atoms with van der Waals surface area (Å²) in [5.41, 5.74) is 0.937. The van der Waals surface area contributed by atoms with Crippen LogP contribution < -0.4 is 10.6 Å². The fourth-order valence-corrected chi connectivity index (χ4v) is 1.87. The summed E-state index contributed by atoms with van der Waals surface area (Å²) >= 11 is 0. The van der Waals surface area contributed by atoms with Crippen molar-refractivity contribution in [1.29, 1.82) is 0 Å². The van der Waals surface area contributed by atoms with Crippen molar-refractivity contribution >= 4 is 23.6 Å². The lowest BCUT2D eigenvalue weighted by Gasteiger charge is -2.20. The standard InChI is InChI=1S/C16H23N3O4/c1-4-8-17-14(20)12-6-5-7-13(9-12)18-16(23)19(3)10-11(2)15(21)22/h5-7,9,11H,4,8,10H2,1-3H3,(H,17,20)(H,18,23)(H,21,22). The minimum Gasteiger partial charge on any atom is -0.481 e. The SMILES string of the molecule is CCCNC(=O)c1cccc(NC(=O)N(C)CC(C)C(=O)O)c1. The number of aliphatic carboxylic acids is 1. The van der Waals surface area contributed by atoms with Gasteiger partial charge in [0.25, 0.3) is 5.91 Å². The average molecular weight is 321 g/mol. The first-order valence-electron chi connectivity index (χ1n) is 7.48. The molecular formula is C16H23N3O4. The van der Waals surface area contributed by atoms with Gasteiger partial charge in [0, 0.05) is 31.4 Å². The van der Waals surface area contributed by atoms with Gasteiger partial charge in [0.05, 0.1) is 5.92 Å². The van der Waals surface area contributed by atoms with Gasteiger partial charge in [0.2, 0.25) is 0 Å². The maximum absolute atomic E-state index is 12.0. The van der Waals surface area contributed by atoms with Gasteiger partial charge in [0.15, 0.2) is 0 Å². The summed E-state index contributed by atoms with van der Waals surface area (Å²) in [7, 11) is 1.52. The van der Waals surface area contributed by atoms with Gasteiger partial charge in [-0.25, -0.2) is 4.79 Å². The Bertz CT molecular complexity index is 574. The number of benzene rings is 1. The highest BCUT2D eigenvalue weighted by molar-refractivity contribution is 5.96. The molecule has 1 atom stereocenters. The minimum absolute atomic E-state index is 0.0951. The zero-order valence-corrected chi connectivity index (χ0v) is 13.6. The van der Waals surface area contributed by atoms with Crippen LogP contribution in [0.25, 0.3) is 0 Å². The second kappa shape index (κ2) is 8.77. The Hall–Kier alpha value is -2.57. The third-order valence-corrected chi connectivity index (χ3v) is 3.23. The van der Waals surface area contributed by atoms with Gasteiger partial charge in [-0.05, 0) is 24.6 Å². The van der Waals surface area contributed by atoms with Gasteiger partial charge in [-0.1, -0.05) is 19.9 Å². The molecule has 1 aromatic rings. The summed E-state index contributed by atoms with van der Waals surface area (Å²) < 4.78 is 0. The van der Waals surface area contributed by atoms with Gasteiger partial charge in [0.1, 0.15) is 0 Å². The lowest BCUT2D eigenvalue weighted by molar-refractivity contribution is -0.141. The van der Waals surface area contributed by atoms with Crippen LogP contribution in [0.4, 0.5) is 10.5 Å². The minimum atomic E-state index is -0.959. The van der Waals surface area contributed by atoms with E-state index in [1.165, 1.54) is 18.9 Å². The molecule has 0 aliphatic heterocycles. The van der Waals surface area contributed by atoms with Crippen molar-refractivity contribution < 1.29 is 19.5 Å². The molecule has 1 aromatic carbocycles. The number of hydrogen-bond donors (Lipinski definition) is 3. The van der Waals surface area contributed by atoms with Gasteiger partial charge in [-0.3, -0.25) is 9.59 Å². The first-order valence-corrected chi connectivity index (χ1v) is 7.48. The second-order valence-corrected chi connectivity index (χ2v) is 5.39. The Balaban J connectivity index is 2.68. The maximum atomic E-state index is 12.0. The number of urea groups is 1. The lowest BCUT2D eigenvalue weighted by atomic mass is 10.2. The van der Waals surface area contributed by atoms with Crippen LogP contribution in [0.1, 0.15) is 30.6 Å². The number of amides is 3. The molecule has 7 heteroatoms. The fourth-order valence-electron chi connectivity index (χ4n) is 1.87. The van der Waals surface area contributed by atoms with E-state index in [1.807, 2.05) is 6.92 Å². The predicted molar refractivity (Wildman–Crippen MR) is 87.5 cm³/mol. The molecule has 0 radical (unpaired) electrons. The summed E-state index contributed by atoms with van der Waals surface area (Å²) in [6.07, 6.45) is 0.842. The molecule has 7 nitrogen and oxygen atoms in total. The van der Waals surface area contributed by atoms with Crippen LogP contribution in [0.5, 0.6) is 0 Å². The summed E-state index contributed by atoms with van der Waals surface area (Å²) in [6.45, 7) is 4.18. The van der Waals surface area contributed by atoms with E-state index in [0.29, 0.717) is 17.8 Å². The van der Waals surface area contributed by atoms with Crippen LogP contribution in [0.2, 0.25) is 0 Å². The summed E-state index contributed by atoms with van der Waals surface area (Å²) in [5, 5.41) is 14.3. The molecule has 23 heavy (non-hydrogen) atoms. The number of rotatable bonds is 7. The van der Waals surface area contributed by atoms with E-state index in [-0.39, 0.29) is 12.5 Å². The number of carbonyl (C=O) groups excluding carboxylic acids is 2. The smallest absolute Gasteiger partial charge is 0.321 e. The molecule has 0 bridgehead atoms. The van der Waals surface area contributed by atoms with E-state index in [0.717, 1.165) is 6.42 Å². The topological polar surface area (TPSA) is 98.7 Å². The quantitative estimate of drug-likeness (QED) is 0.715. The van der Waals surface area contributed by atoms with Gasteiger partial charge < -0.3 is 20.6 Å². The number of carbonyl (C=O) groups is 3. The summed E-state index contributed by atoms with van der Waals surface area (Å²) in [4.78, 5) is 36.1. The van der Waals surface area contributed by atoms with E-state index < -0.39 is 17.9 Å². The largest absolute Gasteiger partial charge is 0.481 e. The number of hydrogen-bond acceptors (Lipinski definition) is 3. The molecule has 1 unspecified atom stereocenters. The Morgan fingerprint density at radius 3 is 2.61 bits per heavy atom. The van der Waals surface area contributed by atoms with E-state index in [9.17, 15) is 14.4 Å². The van der Waals surface area contributed by atoms with E-state index >= 15 is 0 Å². The molecule has 0 heterocycles. The molecule has 3 N–H and O–H groups in total. The van der Waals surface area contributed by atoms with Crippen molar-refractivity contribution in [2.45, 2.75) is 20.3 Å². The number of carboxylic acids is 1. The van der Waals surface area contributed by atoms with Crippen LogP contribution >= 0.6 is 0 Å². The third-order valence-electron chi connectivity index (χ3n) is 3.23. The van der Waals surface area contributed by atoms with Crippen molar-refractivity contribution in [3.63, 3.8) is 0 Å². The van der Waals surface area contributed by atoms with Gasteiger partial charge in [-0.15, -0.1) is 0 Å². The Labute approximate surface area is 135 Å². The van der Waals surface area contributed by atoms with Crippen LogP contribution in [0.15, 0.2) is 24.3 Å². The van der Waals surface area contributed by atoms with E-state index in [1.54, 1.807) is 24.3 Å². The molecule has 3 amide bonds. The molecule has 0 saturated heterocycles. The Morgan fingerprint density at radius 2 is 2.00 bits per heavy atom. The van der Waals surface area contributed by atoms with Crippen LogP contribution in [0, 0.1) is 5.92 Å². The molecule has 0 aliphatic rings. The zero-order chi connectivity index (χ0) is 17.4. The fraction of sp³-hybridized carbons (Fsp3) is 0.438. The molecule has 1 rings (SSSR count). The van der Waals surface area contributed by atoms with Crippen molar-refractivity contribution in [3.8, 4) is 0 Å². The molecular weight excluding hydrogens is 298 g/mol. The first-order chi connectivity index (χ1) is 10.8. The monoisotopic (exact) mass is 321 g/mol. The maximum Gasteiger partial charge on any atom is 0.321 e. The van der Waals surface area contributed by atoms with E-state index in [4.69, 9.17) is 5.11 Å². The molecule has 0 fully saturated rings. The number of carboxylic acid groups (broad SMARTS) is 1. The molecule has 0 saturated carbocycles. The number of nitrogens with one attached hydrogen (secondary N) is 2. The zero-order valence-electron chi connectivity index (χ0n) is 13.6. The molecule has 0 aromatic heterocycles. The summed E-state index contributed by atoms with van der Waals surface area (Å²) in [5.74, 6) is -1.81. The highest BCUT2D eigenvalue weighted by Gasteiger charge is 2.17. The number of anilines is 1. The molecule has 0 aliphatic carbocycles. The van der Waals surface area contributed by atoms with Crippen molar-refractivity contribution in [2.75, 3.05) is 25.5 Å². The van der Waals surface area contributed by atoms with Crippen LogP contribution in [-0.4, -0.2) is 48.1 Å². The molecule has 0 spiro atoms. The lowest BCUT2D eigenvalue weighted by Crippen LogP contribution is -2.36. The highest BCUT2D eigenvalue weighted by Crippen LogP contribution is 2.12. The predicted octanol–water partition coefficient (Wildman–Crippen LogP) is 2.01. The van der Waals surface area contributed by atoms with E-state index in [2.05, 4.69) is 10.6 Å². The van der Waals surface area contributed by atoms with Crippen LogP contribution in [0.3, 0.4) is 0 Å². The Morgan fingerprint density at radius 1 is 1.30 bits per heavy atom. The van der Waals surface area contributed by atoms with Gasteiger partial charge >= 0.3 is 12.0 Å². The highest BCUT2D eigenvalue weighted by atomic mass is 16.4. The average Bonchev–Trinajstić information content (AvgIpc) is 2.52. The van der Waals surface area contributed by atoms with Crippen LogP contribution in [-0.2, 0) is 4.79 Å². The third kappa shape index (κ3) is 5.98. The Kier molecular flexibility index (Phi) is 7.05. The second-order valence-electron chi connectivity index (χ2n) is 5.39. The summed E-state index contributed by atoms with van der Waals surface area (Å²) in [6, 6.07) is 6.16. The van der Waals surface area contributed by atoms with Crippen molar-refractivity contribution in [2.24, 2.45) is 5.92 Å². The molecule has 126 valence electrons. The number of nitrogens with zero attached hydrogens (tertiary/aromatic N) is 1. The first kappa shape index (κ1) is 18.5.